The van der Waals surface area contributed by atoms with E-state index in [1.54, 1.807) is 6.92 Å². The minimum Gasteiger partial charge on any atom is -0.369 e. The average molecular weight is 464 g/mol. The van der Waals surface area contributed by atoms with Gasteiger partial charge in [0.1, 0.15) is 11.9 Å². The zero-order chi connectivity index (χ0) is 25.0. The zero-order valence-electron chi connectivity index (χ0n) is 21.2. The van der Waals surface area contributed by atoms with Crippen LogP contribution in [0.25, 0.3) is 0 Å². The zero-order valence-corrected chi connectivity index (χ0v) is 21.2. The van der Waals surface area contributed by atoms with Gasteiger partial charge in [-0.05, 0) is 83.6 Å². The van der Waals surface area contributed by atoms with E-state index in [1.165, 1.54) is 23.1 Å². The number of halogens is 3. The van der Waals surface area contributed by atoms with Crippen molar-refractivity contribution in [1.82, 2.24) is 0 Å². The molecule has 1 aliphatic rings. The highest BCUT2D eigenvalue weighted by molar-refractivity contribution is 5.57. The smallest absolute Gasteiger partial charge is 0.298 e. The van der Waals surface area contributed by atoms with E-state index in [-0.39, 0.29) is 11.7 Å². The molecule has 0 N–H and O–H groups in total. The first-order chi connectivity index (χ1) is 15.6. The second-order valence-electron chi connectivity index (χ2n) is 8.48. The molecule has 1 heterocycles. The molecule has 1 fully saturated rings. The number of allylic oxidation sites excluding steroid dienone is 6. The molecule has 0 radical (unpaired) electrons. The topological polar surface area (TPSA) is 21.6 Å². The first-order valence-electron chi connectivity index (χ1n) is 11.9. The van der Waals surface area contributed by atoms with Gasteiger partial charge in [-0.15, -0.1) is 0 Å². The fraction of sp³-hybridized carbons (Fsp3) is 0.536. The minimum atomic E-state index is -3.04. The second kappa shape index (κ2) is 14.2. The standard InChI is InChI=1S/C16H27N.C12H13F3O/c1-7-10-11-12-16(15(6)17-9-3)14(5)13(4)8-2;1-8-2-7-11(16-8)12(14,15)9-3-5-10(13)6-4-9/h9,11-12H,7-8,10H2,1-6H3;3-6,8,11H,2,7H2,1H3/b12-11-,14-13+,16-15-,17-9?;. The molecule has 1 aromatic carbocycles. The van der Waals surface area contributed by atoms with Crippen LogP contribution in [0.3, 0.4) is 0 Å². The van der Waals surface area contributed by atoms with Crippen molar-refractivity contribution >= 4 is 6.21 Å². The molecule has 2 unspecified atom stereocenters. The van der Waals surface area contributed by atoms with Gasteiger partial charge in [0.25, 0.3) is 5.92 Å². The Balaban J connectivity index is 0.000000330. The molecular formula is C28H40F3NO. The predicted octanol–water partition coefficient (Wildman–Crippen LogP) is 8.94. The van der Waals surface area contributed by atoms with Gasteiger partial charge in [-0.1, -0.05) is 50.1 Å². The second-order valence-corrected chi connectivity index (χ2v) is 8.48. The number of alkyl halides is 2. The first kappa shape index (κ1) is 28.9. The Labute approximate surface area is 198 Å². The minimum absolute atomic E-state index is 0.128. The summed E-state index contributed by atoms with van der Waals surface area (Å²) in [5, 5.41) is 0. The monoisotopic (exact) mass is 463 g/mol. The van der Waals surface area contributed by atoms with Crippen molar-refractivity contribution in [3.8, 4) is 0 Å². The van der Waals surface area contributed by atoms with Crippen molar-refractivity contribution in [2.45, 2.75) is 98.7 Å². The number of benzene rings is 1. The first-order valence-corrected chi connectivity index (χ1v) is 11.9. The largest absolute Gasteiger partial charge is 0.369 e. The van der Waals surface area contributed by atoms with E-state index in [4.69, 9.17) is 4.74 Å². The number of rotatable bonds is 8. The summed E-state index contributed by atoms with van der Waals surface area (Å²) in [6.45, 7) is 14.6. The van der Waals surface area contributed by atoms with Crippen LogP contribution in [0.2, 0.25) is 0 Å². The van der Waals surface area contributed by atoms with E-state index in [0.717, 1.165) is 42.8 Å². The summed E-state index contributed by atoms with van der Waals surface area (Å²) in [5.41, 5.74) is 4.99. The molecule has 0 saturated carbocycles. The number of unbranched alkanes of at least 4 members (excludes halogenated alkanes) is 1. The summed E-state index contributed by atoms with van der Waals surface area (Å²) >= 11 is 0. The molecule has 33 heavy (non-hydrogen) atoms. The van der Waals surface area contributed by atoms with Crippen LogP contribution in [-0.4, -0.2) is 18.4 Å². The number of hydrogen-bond acceptors (Lipinski definition) is 2. The predicted molar refractivity (Wildman–Crippen MR) is 133 cm³/mol. The van der Waals surface area contributed by atoms with E-state index >= 15 is 0 Å². The highest BCUT2D eigenvalue weighted by Gasteiger charge is 2.45. The van der Waals surface area contributed by atoms with Gasteiger partial charge in [-0.2, -0.15) is 8.78 Å². The number of hydrogen-bond donors (Lipinski definition) is 0. The lowest BCUT2D eigenvalue weighted by Crippen LogP contribution is -2.31. The molecule has 0 bridgehead atoms. The van der Waals surface area contributed by atoms with Gasteiger partial charge in [0.2, 0.25) is 0 Å². The highest BCUT2D eigenvalue weighted by Crippen LogP contribution is 2.39. The van der Waals surface area contributed by atoms with E-state index in [0.29, 0.717) is 12.8 Å². The highest BCUT2D eigenvalue weighted by atomic mass is 19.3. The van der Waals surface area contributed by atoms with Crippen LogP contribution >= 0.6 is 0 Å². The maximum absolute atomic E-state index is 13.9. The lowest BCUT2D eigenvalue weighted by Gasteiger charge is -2.23. The summed E-state index contributed by atoms with van der Waals surface area (Å²) in [7, 11) is 0. The molecule has 0 aromatic heterocycles. The fourth-order valence-corrected chi connectivity index (χ4v) is 3.57. The van der Waals surface area contributed by atoms with E-state index in [1.807, 2.05) is 13.1 Å². The van der Waals surface area contributed by atoms with Gasteiger partial charge in [-0.25, -0.2) is 4.39 Å². The molecule has 0 spiro atoms. The van der Waals surface area contributed by atoms with Gasteiger partial charge in [0, 0.05) is 17.5 Å². The van der Waals surface area contributed by atoms with Crippen LogP contribution in [0.5, 0.6) is 0 Å². The molecule has 1 aromatic rings. The Hall–Kier alpha value is -2.14. The van der Waals surface area contributed by atoms with Gasteiger partial charge in [0.15, 0.2) is 0 Å². The summed E-state index contributed by atoms with van der Waals surface area (Å²) in [4.78, 5) is 4.41. The van der Waals surface area contributed by atoms with Crippen LogP contribution < -0.4 is 0 Å². The Morgan fingerprint density at radius 2 is 1.76 bits per heavy atom. The summed E-state index contributed by atoms with van der Waals surface area (Å²) in [6.07, 6.45) is 9.51. The molecule has 0 amide bonds. The van der Waals surface area contributed by atoms with E-state index in [2.05, 4.69) is 51.8 Å². The lowest BCUT2D eigenvalue weighted by atomic mass is 9.98. The van der Waals surface area contributed by atoms with Crippen molar-refractivity contribution in [3.05, 3.63) is 70.2 Å². The van der Waals surface area contributed by atoms with Crippen molar-refractivity contribution in [1.29, 1.82) is 0 Å². The maximum Gasteiger partial charge on any atom is 0.298 e. The lowest BCUT2D eigenvalue weighted by molar-refractivity contribution is -0.135. The molecule has 1 saturated heterocycles. The number of aliphatic imine (C=N–C) groups is 1. The van der Waals surface area contributed by atoms with Crippen LogP contribution in [0.4, 0.5) is 13.2 Å². The van der Waals surface area contributed by atoms with Gasteiger partial charge >= 0.3 is 0 Å². The summed E-state index contributed by atoms with van der Waals surface area (Å²) in [5.74, 6) is -3.56. The van der Waals surface area contributed by atoms with Gasteiger partial charge in [0.05, 0.1) is 6.10 Å². The third kappa shape index (κ3) is 8.96. The number of nitrogens with zero attached hydrogens (tertiary/aromatic N) is 1. The van der Waals surface area contributed by atoms with Crippen molar-refractivity contribution in [3.63, 3.8) is 0 Å². The maximum atomic E-state index is 13.9. The SMILES string of the molecule is CC1CCC(C(F)(F)c2ccc(F)cc2)O1.CC=N/C(C)=C(/C=C\CCC)C(\C)=C(/C)CC. The normalized spacial score (nSPS) is 20.5. The third-order valence-corrected chi connectivity index (χ3v) is 5.89. The van der Waals surface area contributed by atoms with Crippen LogP contribution in [0.15, 0.2) is 63.8 Å². The quantitative estimate of drug-likeness (QED) is 0.278. The fourth-order valence-electron chi connectivity index (χ4n) is 3.57. The third-order valence-electron chi connectivity index (χ3n) is 5.89. The van der Waals surface area contributed by atoms with Gasteiger partial charge in [-0.3, -0.25) is 4.99 Å². The Morgan fingerprint density at radius 3 is 2.24 bits per heavy atom. The molecule has 1 aliphatic heterocycles. The van der Waals surface area contributed by atoms with Crippen LogP contribution in [0, 0.1) is 5.82 Å². The Bertz CT molecular complexity index is 850. The molecule has 2 atom stereocenters. The molecule has 184 valence electrons. The summed E-state index contributed by atoms with van der Waals surface area (Å²) < 4.78 is 45.6. The Morgan fingerprint density at radius 1 is 1.12 bits per heavy atom. The van der Waals surface area contributed by atoms with Crippen molar-refractivity contribution in [2.24, 2.45) is 4.99 Å². The van der Waals surface area contributed by atoms with E-state index < -0.39 is 17.8 Å². The summed E-state index contributed by atoms with van der Waals surface area (Å²) in [6, 6.07) is 4.31. The molecule has 0 aliphatic carbocycles. The molecule has 2 rings (SSSR count). The van der Waals surface area contributed by atoms with Crippen molar-refractivity contribution in [2.75, 3.05) is 0 Å². The molecular weight excluding hydrogens is 423 g/mol. The Kier molecular flexibility index (Phi) is 12.4. The van der Waals surface area contributed by atoms with Crippen LogP contribution in [0.1, 0.15) is 86.1 Å². The average Bonchev–Trinajstić information content (AvgIpc) is 3.24. The molecule has 5 heteroatoms. The van der Waals surface area contributed by atoms with Crippen molar-refractivity contribution < 1.29 is 17.9 Å². The molecule has 2 nitrogen and oxygen atoms in total. The number of ether oxygens (including phenoxy) is 1. The van der Waals surface area contributed by atoms with Crippen LogP contribution in [-0.2, 0) is 10.7 Å². The van der Waals surface area contributed by atoms with E-state index in [9.17, 15) is 13.2 Å². The van der Waals surface area contributed by atoms with Gasteiger partial charge < -0.3 is 4.74 Å².